The van der Waals surface area contributed by atoms with E-state index in [-0.39, 0.29) is 0 Å². The highest BCUT2D eigenvalue weighted by molar-refractivity contribution is 4.81. The molecule has 22 heavy (non-hydrogen) atoms. The number of ether oxygens (including phenoxy) is 1. The highest BCUT2D eigenvalue weighted by Crippen LogP contribution is 2.10. The number of hydrogen-bond donors (Lipinski definition) is 0. The molecule has 0 saturated carbocycles. The fourth-order valence-electron chi connectivity index (χ4n) is 2.64. The second kappa shape index (κ2) is 20.7. The van der Waals surface area contributed by atoms with Crippen LogP contribution >= 0.6 is 0 Å². The molecule has 0 atom stereocenters. The summed E-state index contributed by atoms with van der Waals surface area (Å²) in [5.74, 6) is 0. The van der Waals surface area contributed by atoms with Crippen molar-refractivity contribution in [1.29, 1.82) is 0 Å². The first-order valence-corrected chi connectivity index (χ1v) is 10.1. The standard InChI is InChI=1S/C16H32.C5H10O/c1-3-5-7-9-11-13-15-16-14-12-10-8-6-4-2;1-2-4-6-5-3-1/h9,11H,3-8,10,12-16H2,1-2H3;1-5H2/b11-9-;. The molecule has 132 valence electrons. The lowest BCUT2D eigenvalue weighted by atomic mass is 10.1. The van der Waals surface area contributed by atoms with Crippen LogP contribution in [0.15, 0.2) is 12.2 Å². The Morgan fingerprint density at radius 3 is 1.55 bits per heavy atom. The van der Waals surface area contributed by atoms with Crippen LogP contribution < -0.4 is 0 Å². The van der Waals surface area contributed by atoms with Gasteiger partial charge in [0.05, 0.1) is 0 Å². The second-order valence-corrected chi connectivity index (χ2v) is 6.55. The Labute approximate surface area is 140 Å². The molecule has 1 nitrogen and oxygen atoms in total. The summed E-state index contributed by atoms with van der Waals surface area (Å²) in [6.45, 7) is 6.54. The number of unbranched alkanes of at least 4 members (excludes halogenated alkanes) is 10. The van der Waals surface area contributed by atoms with E-state index in [0.717, 1.165) is 13.2 Å². The third-order valence-corrected chi connectivity index (χ3v) is 4.19. The summed E-state index contributed by atoms with van der Waals surface area (Å²) in [4.78, 5) is 0. The van der Waals surface area contributed by atoms with E-state index in [2.05, 4.69) is 26.0 Å². The van der Waals surface area contributed by atoms with Gasteiger partial charge in [0.25, 0.3) is 0 Å². The Morgan fingerprint density at radius 1 is 0.591 bits per heavy atom. The summed E-state index contributed by atoms with van der Waals surface area (Å²) < 4.78 is 5.07. The Balaban J connectivity index is 0.000000604. The summed E-state index contributed by atoms with van der Waals surface area (Å²) in [7, 11) is 0. The van der Waals surface area contributed by atoms with Crippen molar-refractivity contribution in [2.24, 2.45) is 0 Å². The smallest absolute Gasteiger partial charge is 0.0466 e. The summed E-state index contributed by atoms with van der Waals surface area (Å²) in [6, 6.07) is 0. The van der Waals surface area contributed by atoms with Gasteiger partial charge < -0.3 is 4.74 Å². The summed E-state index contributed by atoms with van der Waals surface area (Å²) in [5, 5.41) is 0. The van der Waals surface area contributed by atoms with Gasteiger partial charge in [0.1, 0.15) is 0 Å². The van der Waals surface area contributed by atoms with E-state index in [1.165, 1.54) is 96.3 Å². The second-order valence-electron chi connectivity index (χ2n) is 6.55. The zero-order chi connectivity index (χ0) is 16.1. The largest absolute Gasteiger partial charge is 0.381 e. The lowest BCUT2D eigenvalue weighted by molar-refractivity contribution is 0.0968. The number of allylic oxidation sites excluding steroid dienone is 2. The topological polar surface area (TPSA) is 9.23 Å². The van der Waals surface area contributed by atoms with E-state index in [1.807, 2.05) is 0 Å². The minimum absolute atomic E-state index is 1.00. The van der Waals surface area contributed by atoms with Crippen LogP contribution in [0.3, 0.4) is 0 Å². The molecule has 1 aliphatic rings. The zero-order valence-electron chi connectivity index (χ0n) is 15.6. The van der Waals surface area contributed by atoms with Gasteiger partial charge in [-0.15, -0.1) is 0 Å². The first kappa shape index (κ1) is 21.7. The first-order chi connectivity index (χ1) is 10.9. The maximum Gasteiger partial charge on any atom is 0.0466 e. The van der Waals surface area contributed by atoms with E-state index >= 15 is 0 Å². The van der Waals surface area contributed by atoms with Gasteiger partial charge in [-0.1, -0.05) is 83.8 Å². The molecule has 0 aliphatic carbocycles. The van der Waals surface area contributed by atoms with Crippen LogP contribution in [0.2, 0.25) is 0 Å². The lowest BCUT2D eigenvalue weighted by Gasteiger charge is -2.08. The summed E-state index contributed by atoms with van der Waals surface area (Å²) >= 11 is 0. The molecule has 1 heterocycles. The predicted octanol–water partition coefficient (Wildman–Crippen LogP) is 7.45. The zero-order valence-corrected chi connectivity index (χ0v) is 15.6. The van der Waals surface area contributed by atoms with Crippen LogP contribution in [-0.2, 0) is 4.74 Å². The van der Waals surface area contributed by atoms with Crippen molar-refractivity contribution in [2.45, 2.75) is 110 Å². The molecule has 1 aliphatic heterocycles. The molecule has 0 radical (unpaired) electrons. The van der Waals surface area contributed by atoms with Crippen molar-refractivity contribution in [3.05, 3.63) is 12.2 Å². The maximum atomic E-state index is 5.07. The fraction of sp³-hybridized carbons (Fsp3) is 0.905. The van der Waals surface area contributed by atoms with Gasteiger partial charge in [-0.3, -0.25) is 0 Å². The van der Waals surface area contributed by atoms with Crippen LogP contribution in [0.25, 0.3) is 0 Å². The van der Waals surface area contributed by atoms with E-state index < -0.39 is 0 Å². The van der Waals surface area contributed by atoms with Gasteiger partial charge in [-0.2, -0.15) is 0 Å². The Kier molecular flexibility index (Phi) is 20.4. The normalized spacial score (nSPS) is 14.8. The molecule has 0 spiro atoms. The lowest BCUT2D eigenvalue weighted by Crippen LogP contribution is -2.03. The molecule has 1 fully saturated rings. The molecular weight excluding hydrogens is 268 g/mol. The minimum Gasteiger partial charge on any atom is -0.381 e. The molecule has 0 bridgehead atoms. The van der Waals surface area contributed by atoms with Crippen molar-refractivity contribution >= 4 is 0 Å². The molecule has 0 N–H and O–H groups in total. The molecule has 1 rings (SSSR count). The van der Waals surface area contributed by atoms with Gasteiger partial charge in [0.2, 0.25) is 0 Å². The first-order valence-electron chi connectivity index (χ1n) is 10.1. The molecule has 0 aromatic rings. The van der Waals surface area contributed by atoms with Crippen molar-refractivity contribution in [3.63, 3.8) is 0 Å². The van der Waals surface area contributed by atoms with E-state index in [1.54, 1.807) is 0 Å². The average molecular weight is 311 g/mol. The van der Waals surface area contributed by atoms with Crippen LogP contribution in [0.1, 0.15) is 110 Å². The van der Waals surface area contributed by atoms with Crippen LogP contribution in [0.5, 0.6) is 0 Å². The predicted molar refractivity (Wildman–Crippen MR) is 101 cm³/mol. The summed E-state index contributed by atoms with van der Waals surface area (Å²) in [5.41, 5.74) is 0. The quantitative estimate of drug-likeness (QED) is 0.268. The van der Waals surface area contributed by atoms with Gasteiger partial charge in [-0.05, 0) is 38.5 Å². The fourth-order valence-corrected chi connectivity index (χ4v) is 2.64. The highest BCUT2D eigenvalue weighted by atomic mass is 16.5. The van der Waals surface area contributed by atoms with Gasteiger partial charge in [0.15, 0.2) is 0 Å². The molecular formula is C21H42O. The molecule has 0 unspecified atom stereocenters. The van der Waals surface area contributed by atoms with Gasteiger partial charge in [-0.25, -0.2) is 0 Å². The molecule has 0 aromatic carbocycles. The van der Waals surface area contributed by atoms with E-state index in [0.29, 0.717) is 0 Å². The van der Waals surface area contributed by atoms with Crippen LogP contribution in [-0.4, -0.2) is 13.2 Å². The monoisotopic (exact) mass is 310 g/mol. The van der Waals surface area contributed by atoms with Crippen LogP contribution in [0.4, 0.5) is 0 Å². The molecule has 1 heteroatoms. The third kappa shape index (κ3) is 19.7. The molecule has 0 aromatic heterocycles. The Hall–Kier alpha value is -0.300. The minimum atomic E-state index is 1.00. The average Bonchev–Trinajstić information content (AvgIpc) is 2.58. The van der Waals surface area contributed by atoms with Crippen molar-refractivity contribution in [1.82, 2.24) is 0 Å². The van der Waals surface area contributed by atoms with Crippen molar-refractivity contribution in [3.8, 4) is 0 Å². The number of rotatable bonds is 12. The van der Waals surface area contributed by atoms with E-state index in [9.17, 15) is 0 Å². The molecule has 0 amide bonds. The SMILES string of the molecule is C1CCOCC1.CCCC/C=C\CCCCCCCCCC. The molecule has 1 saturated heterocycles. The van der Waals surface area contributed by atoms with Gasteiger partial charge >= 0.3 is 0 Å². The van der Waals surface area contributed by atoms with Crippen molar-refractivity contribution < 1.29 is 4.74 Å². The maximum absolute atomic E-state index is 5.07. The summed E-state index contributed by atoms with van der Waals surface area (Å²) in [6.07, 6.45) is 25.4. The van der Waals surface area contributed by atoms with Gasteiger partial charge in [0, 0.05) is 13.2 Å². The highest BCUT2D eigenvalue weighted by Gasteiger charge is 1.95. The van der Waals surface area contributed by atoms with E-state index in [4.69, 9.17) is 4.74 Å². The third-order valence-electron chi connectivity index (χ3n) is 4.19. The van der Waals surface area contributed by atoms with Crippen molar-refractivity contribution in [2.75, 3.05) is 13.2 Å². The van der Waals surface area contributed by atoms with Crippen LogP contribution in [0, 0.1) is 0 Å². The Morgan fingerprint density at radius 2 is 1.09 bits per heavy atom. The number of hydrogen-bond acceptors (Lipinski definition) is 1. The Bertz CT molecular complexity index is 194.